The molecule has 4 unspecified atom stereocenters. The molecule has 0 aromatic carbocycles. The molecule has 4 atom stereocenters. The lowest BCUT2D eigenvalue weighted by molar-refractivity contribution is -0.163. The van der Waals surface area contributed by atoms with E-state index in [1.807, 2.05) is 6.92 Å². The van der Waals surface area contributed by atoms with Crippen LogP contribution in [0.25, 0.3) is 0 Å². The monoisotopic (exact) mass is 294 g/mol. The summed E-state index contributed by atoms with van der Waals surface area (Å²) < 4.78 is 0. The van der Waals surface area contributed by atoms with Crippen LogP contribution in [0.5, 0.6) is 0 Å². The number of nitrogens with one attached hydrogen (secondary N) is 1. The van der Waals surface area contributed by atoms with Crippen molar-refractivity contribution in [2.24, 2.45) is 11.3 Å². The molecule has 3 fully saturated rings. The second-order valence-corrected chi connectivity index (χ2v) is 7.24. The van der Waals surface area contributed by atoms with Gasteiger partial charge in [-0.1, -0.05) is 12.8 Å². The Balaban J connectivity index is 1.88. The number of amides is 1. The van der Waals surface area contributed by atoms with Gasteiger partial charge in [-0.2, -0.15) is 0 Å². The van der Waals surface area contributed by atoms with E-state index in [0.717, 1.165) is 38.6 Å². The Morgan fingerprint density at radius 3 is 2.62 bits per heavy atom. The van der Waals surface area contributed by atoms with Crippen molar-refractivity contribution in [3.8, 4) is 0 Å². The standard InChI is InChI=1S/C16H26N2O3/c1-16(8-9-17-10-16)15(21)18-12-5-3-2-4-11(12)6-7-13(18)14(19)20/h11-13,17H,2-10H2,1H3,(H,19,20). The fraction of sp³-hybridized carbons (Fsp3) is 0.875. The molecule has 0 radical (unpaired) electrons. The van der Waals surface area contributed by atoms with E-state index in [1.54, 1.807) is 4.90 Å². The van der Waals surface area contributed by atoms with Crippen LogP contribution in [0.15, 0.2) is 0 Å². The second kappa shape index (κ2) is 5.59. The number of aliphatic carboxylic acids is 1. The maximum atomic E-state index is 13.1. The van der Waals surface area contributed by atoms with E-state index in [2.05, 4.69) is 5.32 Å². The zero-order chi connectivity index (χ0) is 15.0. The van der Waals surface area contributed by atoms with Crippen LogP contribution in [0.4, 0.5) is 0 Å². The highest BCUT2D eigenvalue weighted by molar-refractivity contribution is 5.88. The van der Waals surface area contributed by atoms with E-state index in [0.29, 0.717) is 18.9 Å². The molecular formula is C16H26N2O3. The van der Waals surface area contributed by atoms with Crippen LogP contribution < -0.4 is 5.32 Å². The minimum absolute atomic E-state index is 0.0662. The van der Waals surface area contributed by atoms with Gasteiger partial charge in [0, 0.05) is 12.6 Å². The quantitative estimate of drug-likeness (QED) is 0.812. The summed E-state index contributed by atoms with van der Waals surface area (Å²) in [6.07, 6.45) is 6.85. The SMILES string of the molecule is CC1(C(=O)N2C(C(=O)O)CCC3CCCCC32)CCNC1. The van der Waals surface area contributed by atoms with E-state index in [9.17, 15) is 14.7 Å². The number of hydrogen-bond acceptors (Lipinski definition) is 3. The number of carbonyl (C=O) groups excluding carboxylic acids is 1. The highest BCUT2D eigenvalue weighted by atomic mass is 16.4. The third-order valence-electron chi connectivity index (χ3n) is 5.78. The van der Waals surface area contributed by atoms with Crippen molar-refractivity contribution in [2.45, 2.75) is 64.0 Å². The van der Waals surface area contributed by atoms with Crippen LogP contribution in [-0.4, -0.2) is 47.1 Å². The van der Waals surface area contributed by atoms with Gasteiger partial charge in [-0.3, -0.25) is 4.79 Å². The van der Waals surface area contributed by atoms with Gasteiger partial charge < -0.3 is 15.3 Å². The third kappa shape index (κ3) is 2.56. The topological polar surface area (TPSA) is 69.6 Å². The van der Waals surface area contributed by atoms with Crippen molar-refractivity contribution >= 4 is 11.9 Å². The first kappa shape index (κ1) is 14.8. The summed E-state index contributed by atoms with van der Waals surface area (Å²) in [5.74, 6) is -0.255. The van der Waals surface area contributed by atoms with Gasteiger partial charge in [0.1, 0.15) is 6.04 Å². The number of carbonyl (C=O) groups is 2. The Kier molecular flexibility index (Phi) is 3.95. The van der Waals surface area contributed by atoms with Crippen molar-refractivity contribution in [1.82, 2.24) is 10.2 Å². The van der Waals surface area contributed by atoms with Gasteiger partial charge in [0.25, 0.3) is 0 Å². The predicted molar refractivity (Wildman–Crippen MR) is 78.8 cm³/mol. The molecule has 1 amide bonds. The lowest BCUT2D eigenvalue weighted by Crippen LogP contribution is -2.60. The number of hydrogen-bond donors (Lipinski definition) is 2. The number of rotatable bonds is 2. The molecule has 0 aromatic heterocycles. The van der Waals surface area contributed by atoms with Crippen molar-refractivity contribution < 1.29 is 14.7 Å². The van der Waals surface area contributed by atoms with E-state index in [4.69, 9.17) is 0 Å². The number of likely N-dealkylation sites (tertiary alicyclic amines) is 1. The zero-order valence-corrected chi connectivity index (χ0v) is 12.8. The molecule has 2 aliphatic heterocycles. The molecule has 5 heteroatoms. The largest absolute Gasteiger partial charge is 0.480 e. The van der Waals surface area contributed by atoms with Crippen molar-refractivity contribution in [3.63, 3.8) is 0 Å². The van der Waals surface area contributed by atoms with Gasteiger partial charge in [-0.05, 0) is 51.5 Å². The number of fused-ring (bicyclic) bond motifs is 1. The van der Waals surface area contributed by atoms with Gasteiger partial charge >= 0.3 is 5.97 Å². The average Bonchev–Trinajstić information content (AvgIpc) is 2.93. The van der Waals surface area contributed by atoms with Crippen LogP contribution >= 0.6 is 0 Å². The van der Waals surface area contributed by atoms with Gasteiger partial charge in [-0.25, -0.2) is 4.79 Å². The molecule has 3 rings (SSSR count). The second-order valence-electron chi connectivity index (χ2n) is 7.24. The summed E-state index contributed by atoms with van der Waals surface area (Å²) >= 11 is 0. The highest BCUT2D eigenvalue weighted by Crippen LogP contribution is 2.41. The van der Waals surface area contributed by atoms with Gasteiger partial charge in [-0.15, -0.1) is 0 Å². The van der Waals surface area contributed by atoms with Crippen LogP contribution in [-0.2, 0) is 9.59 Å². The molecule has 2 N–H and O–H groups in total. The van der Waals surface area contributed by atoms with Gasteiger partial charge in [0.15, 0.2) is 0 Å². The molecule has 21 heavy (non-hydrogen) atoms. The van der Waals surface area contributed by atoms with Crippen molar-refractivity contribution in [1.29, 1.82) is 0 Å². The van der Waals surface area contributed by atoms with Crippen LogP contribution in [0, 0.1) is 11.3 Å². The highest BCUT2D eigenvalue weighted by Gasteiger charge is 2.49. The molecule has 5 nitrogen and oxygen atoms in total. The van der Waals surface area contributed by atoms with Crippen LogP contribution in [0.1, 0.15) is 51.9 Å². The molecule has 2 saturated heterocycles. The first-order valence-corrected chi connectivity index (χ1v) is 8.29. The average molecular weight is 294 g/mol. The Bertz CT molecular complexity index is 431. The Hall–Kier alpha value is -1.10. The molecule has 118 valence electrons. The first-order valence-electron chi connectivity index (χ1n) is 8.29. The third-order valence-corrected chi connectivity index (χ3v) is 5.78. The molecule has 1 aliphatic carbocycles. The van der Waals surface area contributed by atoms with E-state index in [-0.39, 0.29) is 11.9 Å². The molecule has 0 aromatic rings. The minimum Gasteiger partial charge on any atom is -0.480 e. The van der Waals surface area contributed by atoms with Crippen molar-refractivity contribution in [2.75, 3.05) is 13.1 Å². The Morgan fingerprint density at radius 1 is 1.19 bits per heavy atom. The van der Waals surface area contributed by atoms with Crippen LogP contribution in [0.3, 0.4) is 0 Å². The summed E-state index contributed by atoms with van der Waals surface area (Å²) in [6, 6.07) is -0.465. The van der Waals surface area contributed by atoms with Crippen molar-refractivity contribution in [3.05, 3.63) is 0 Å². The number of piperidine rings is 1. The normalized spacial score (nSPS) is 39.9. The summed E-state index contributed by atoms with van der Waals surface area (Å²) in [5.41, 5.74) is -0.424. The predicted octanol–water partition coefficient (Wildman–Crippen LogP) is 1.62. The molecule has 0 spiro atoms. The first-order chi connectivity index (χ1) is 10.0. The summed E-state index contributed by atoms with van der Waals surface area (Å²) in [5, 5.41) is 12.8. The fourth-order valence-electron chi connectivity index (χ4n) is 4.48. The number of carboxylic acid groups (broad SMARTS) is 1. The number of nitrogens with zero attached hydrogens (tertiary/aromatic N) is 1. The van der Waals surface area contributed by atoms with E-state index in [1.165, 1.54) is 6.42 Å². The van der Waals surface area contributed by atoms with E-state index < -0.39 is 17.4 Å². The molecule has 3 aliphatic rings. The van der Waals surface area contributed by atoms with Gasteiger partial charge in [0.2, 0.25) is 5.91 Å². The smallest absolute Gasteiger partial charge is 0.326 e. The maximum Gasteiger partial charge on any atom is 0.326 e. The summed E-state index contributed by atoms with van der Waals surface area (Å²) in [4.78, 5) is 26.5. The lowest BCUT2D eigenvalue weighted by atomic mass is 9.74. The van der Waals surface area contributed by atoms with Gasteiger partial charge in [0.05, 0.1) is 5.41 Å². The molecular weight excluding hydrogens is 268 g/mol. The minimum atomic E-state index is -0.832. The van der Waals surface area contributed by atoms with E-state index >= 15 is 0 Å². The lowest BCUT2D eigenvalue weighted by Gasteiger charge is -2.49. The maximum absolute atomic E-state index is 13.1. The molecule has 2 heterocycles. The fourth-order valence-corrected chi connectivity index (χ4v) is 4.48. The summed E-state index contributed by atoms with van der Waals surface area (Å²) in [6.45, 7) is 3.51. The Morgan fingerprint density at radius 2 is 1.95 bits per heavy atom. The molecule has 1 saturated carbocycles. The van der Waals surface area contributed by atoms with Crippen LogP contribution in [0.2, 0.25) is 0 Å². The Labute approximate surface area is 126 Å². The summed E-state index contributed by atoms with van der Waals surface area (Å²) in [7, 11) is 0. The zero-order valence-electron chi connectivity index (χ0n) is 12.8. The number of carboxylic acids is 1. The molecule has 0 bridgehead atoms.